The van der Waals surface area contributed by atoms with Crippen LogP contribution in [0.2, 0.25) is 0 Å². The van der Waals surface area contributed by atoms with Gasteiger partial charge in [-0.05, 0) is 39.8 Å². The van der Waals surface area contributed by atoms with Crippen molar-refractivity contribution < 1.29 is 9.32 Å². The van der Waals surface area contributed by atoms with Crippen molar-refractivity contribution in [3.05, 3.63) is 47.3 Å². The summed E-state index contributed by atoms with van der Waals surface area (Å²) in [4.78, 5) is 14.4. The van der Waals surface area contributed by atoms with Gasteiger partial charge < -0.3 is 9.42 Å². The molecule has 0 fully saturated rings. The Morgan fingerprint density at radius 3 is 2.50 bits per heavy atom. The second kappa shape index (κ2) is 7.49. The van der Waals surface area contributed by atoms with E-state index in [0.717, 1.165) is 28.5 Å². The first-order valence-corrected chi connectivity index (χ1v) is 8.52. The molecule has 1 amide bonds. The molecule has 118 valence electrons. The number of hydrogen-bond acceptors (Lipinski definition) is 4. The number of amides is 1. The summed E-state index contributed by atoms with van der Waals surface area (Å²) < 4.78 is 5.15. The molecule has 0 aliphatic heterocycles. The van der Waals surface area contributed by atoms with E-state index in [9.17, 15) is 4.79 Å². The van der Waals surface area contributed by atoms with Crippen LogP contribution in [0.15, 0.2) is 34.9 Å². The molecule has 2 aromatic rings. The number of para-hydroxylation sites is 1. The summed E-state index contributed by atoms with van der Waals surface area (Å²) >= 11 is 1.60. The van der Waals surface area contributed by atoms with Crippen molar-refractivity contribution in [1.82, 2.24) is 5.16 Å². The van der Waals surface area contributed by atoms with Gasteiger partial charge in [-0.3, -0.25) is 4.79 Å². The van der Waals surface area contributed by atoms with Crippen molar-refractivity contribution in [3.63, 3.8) is 0 Å². The average Bonchev–Trinajstić information content (AvgIpc) is 2.80. The molecule has 0 bridgehead atoms. The number of thioether (sulfide) groups is 1. The predicted molar refractivity (Wildman–Crippen MR) is 91.2 cm³/mol. The molecule has 0 aliphatic carbocycles. The molecule has 0 unspecified atom stereocenters. The highest BCUT2D eigenvalue weighted by molar-refractivity contribution is 7.99. The van der Waals surface area contributed by atoms with Gasteiger partial charge in [-0.2, -0.15) is 0 Å². The zero-order valence-corrected chi connectivity index (χ0v) is 14.3. The number of carbonyl (C=O) groups is 1. The van der Waals surface area contributed by atoms with Gasteiger partial charge in [-0.15, -0.1) is 11.8 Å². The van der Waals surface area contributed by atoms with Gasteiger partial charge >= 0.3 is 0 Å². The van der Waals surface area contributed by atoms with E-state index in [1.165, 1.54) is 0 Å². The van der Waals surface area contributed by atoms with Crippen LogP contribution in [0.1, 0.15) is 30.9 Å². The lowest BCUT2D eigenvalue weighted by Gasteiger charge is -2.26. The maximum atomic E-state index is 12.5. The minimum Gasteiger partial charge on any atom is -0.361 e. The Morgan fingerprint density at radius 1 is 1.27 bits per heavy atom. The van der Waals surface area contributed by atoms with Crippen LogP contribution in [-0.2, 0) is 10.5 Å². The zero-order chi connectivity index (χ0) is 16.1. The Hall–Kier alpha value is -1.75. The summed E-state index contributed by atoms with van der Waals surface area (Å²) in [5.74, 6) is 2.14. The van der Waals surface area contributed by atoms with Crippen LogP contribution in [0.25, 0.3) is 0 Å². The van der Waals surface area contributed by atoms with E-state index in [4.69, 9.17) is 4.52 Å². The molecule has 0 atom stereocenters. The van der Waals surface area contributed by atoms with E-state index in [-0.39, 0.29) is 11.9 Å². The summed E-state index contributed by atoms with van der Waals surface area (Å²) in [7, 11) is 0. The van der Waals surface area contributed by atoms with Gasteiger partial charge in [0.2, 0.25) is 5.91 Å². The number of rotatable bonds is 6. The molecule has 1 aromatic heterocycles. The molecule has 0 radical (unpaired) electrons. The van der Waals surface area contributed by atoms with Crippen molar-refractivity contribution in [3.8, 4) is 0 Å². The lowest BCUT2D eigenvalue weighted by Crippen LogP contribution is -2.38. The highest BCUT2D eigenvalue weighted by atomic mass is 32.2. The molecule has 5 heteroatoms. The van der Waals surface area contributed by atoms with Crippen LogP contribution in [0.4, 0.5) is 5.69 Å². The molecule has 2 rings (SSSR count). The monoisotopic (exact) mass is 318 g/mol. The van der Waals surface area contributed by atoms with Crippen molar-refractivity contribution >= 4 is 23.4 Å². The van der Waals surface area contributed by atoms with Gasteiger partial charge in [0.15, 0.2) is 0 Å². The number of aromatic nitrogens is 1. The van der Waals surface area contributed by atoms with Gasteiger partial charge in [-0.25, -0.2) is 0 Å². The number of anilines is 1. The first-order valence-electron chi connectivity index (χ1n) is 7.37. The lowest BCUT2D eigenvalue weighted by molar-refractivity contribution is -0.116. The number of aryl methyl sites for hydroxylation is 2. The molecular weight excluding hydrogens is 296 g/mol. The van der Waals surface area contributed by atoms with Crippen LogP contribution in [0.5, 0.6) is 0 Å². The largest absolute Gasteiger partial charge is 0.361 e. The number of hydrogen-bond donors (Lipinski definition) is 0. The Bertz CT molecular complexity index is 603. The lowest BCUT2D eigenvalue weighted by atomic mass is 10.2. The quantitative estimate of drug-likeness (QED) is 0.808. The molecule has 22 heavy (non-hydrogen) atoms. The van der Waals surface area contributed by atoms with E-state index in [1.807, 2.05) is 62.9 Å². The fourth-order valence-electron chi connectivity index (χ4n) is 2.34. The van der Waals surface area contributed by atoms with Crippen LogP contribution in [0.3, 0.4) is 0 Å². The Balaban J connectivity index is 1.98. The molecule has 0 aliphatic rings. The summed E-state index contributed by atoms with van der Waals surface area (Å²) in [5.41, 5.74) is 2.94. The van der Waals surface area contributed by atoms with Gasteiger partial charge in [0, 0.05) is 23.0 Å². The molecule has 0 spiro atoms. The SMILES string of the molecule is Cc1noc(C)c1CSCC(=O)N(c1ccccc1)C(C)C. The molecule has 0 N–H and O–H groups in total. The number of nitrogens with zero attached hydrogens (tertiary/aromatic N) is 2. The minimum atomic E-state index is 0.123. The van der Waals surface area contributed by atoms with E-state index in [0.29, 0.717) is 5.75 Å². The predicted octanol–water partition coefficient (Wildman–Crippen LogP) is 3.97. The normalized spacial score (nSPS) is 11.0. The zero-order valence-electron chi connectivity index (χ0n) is 13.5. The van der Waals surface area contributed by atoms with Crippen molar-refractivity contribution in [1.29, 1.82) is 0 Å². The first-order chi connectivity index (χ1) is 10.5. The van der Waals surface area contributed by atoms with Gasteiger partial charge in [0.05, 0.1) is 11.4 Å². The first kappa shape index (κ1) is 16.6. The van der Waals surface area contributed by atoms with Crippen LogP contribution in [-0.4, -0.2) is 22.9 Å². The summed E-state index contributed by atoms with van der Waals surface area (Å²) in [6.07, 6.45) is 0. The van der Waals surface area contributed by atoms with E-state index >= 15 is 0 Å². The van der Waals surface area contributed by atoms with Crippen molar-refractivity contribution in [2.24, 2.45) is 0 Å². The summed E-state index contributed by atoms with van der Waals surface area (Å²) in [6.45, 7) is 7.90. The summed E-state index contributed by atoms with van der Waals surface area (Å²) in [6, 6.07) is 9.94. The molecule has 0 saturated heterocycles. The van der Waals surface area contributed by atoms with Gasteiger partial charge in [0.25, 0.3) is 0 Å². The second-order valence-electron chi connectivity index (χ2n) is 5.49. The Labute approximate surface area is 135 Å². The highest BCUT2D eigenvalue weighted by Gasteiger charge is 2.19. The Morgan fingerprint density at radius 2 is 1.95 bits per heavy atom. The van der Waals surface area contributed by atoms with Crippen molar-refractivity contribution in [2.75, 3.05) is 10.7 Å². The number of carbonyl (C=O) groups excluding carboxylic acids is 1. The molecular formula is C17H22N2O2S. The third-order valence-electron chi connectivity index (χ3n) is 3.47. The standard InChI is InChI=1S/C17H22N2O2S/c1-12(2)19(15-8-6-5-7-9-15)17(20)11-22-10-16-13(3)18-21-14(16)4/h5-9,12H,10-11H2,1-4H3. The highest BCUT2D eigenvalue weighted by Crippen LogP contribution is 2.22. The smallest absolute Gasteiger partial charge is 0.237 e. The minimum absolute atomic E-state index is 0.123. The number of benzene rings is 1. The average molecular weight is 318 g/mol. The van der Waals surface area contributed by atoms with Gasteiger partial charge in [0.1, 0.15) is 5.76 Å². The second-order valence-corrected chi connectivity index (χ2v) is 6.47. The third-order valence-corrected chi connectivity index (χ3v) is 4.42. The molecule has 4 nitrogen and oxygen atoms in total. The van der Waals surface area contributed by atoms with E-state index in [2.05, 4.69) is 5.16 Å². The van der Waals surface area contributed by atoms with Crippen LogP contribution < -0.4 is 4.90 Å². The van der Waals surface area contributed by atoms with E-state index < -0.39 is 0 Å². The topological polar surface area (TPSA) is 46.3 Å². The van der Waals surface area contributed by atoms with Gasteiger partial charge in [-0.1, -0.05) is 23.4 Å². The summed E-state index contributed by atoms with van der Waals surface area (Å²) in [5, 5.41) is 3.94. The third kappa shape index (κ3) is 3.91. The van der Waals surface area contributed by atoms with Crippen molar-refractivity contribution in [2.45, 2.75) is 39.5 Å². The fraction of sp³-hybridized carbons (Fsp3) is 0.412. The molecule has 1 aromatic carbocycles. The van der Waals surface area contributed by atoms with Crippen LogP contribution in [0, 0.1) is 13.8 Å². The van der Waals surface area contributed by atoms with Crippen LogP contribution >= 0.6 is 11.8 Å². The van der Waals surface area contributed by atoms with E-state index in [1.54, 1.807) is 11.8 Å². The maximum absolute atomic E-state index is 12.5. The maximum Gasteiger partial charge on any atom is 0.237 e. The fourth-order valence-corrected chi connectivity index (χ4v) is 3.37. The Kier molecular flexibility index (Phi) is 5.66. The molecule has 0 saturated carbocycles. The molecule has 1 heterocycles.